The molecule has 3 nitrogen and oxygen atoms in total. The van der Waals surface area contributed by atoms with E-state index in [0.29, 0.717) is 6.42 Å². The van der Waals surface area contributed by atoms with E-state index in [-0.39, 0.29) is 11.3 Å². The number of nitrogens with one attached hydrogen (secondary N) is 2. The van der Waals surface area contributed by atoms with Crippen LogP contribution in [-0.2, 0) is 10.2 Å². The summed E-state index contributed by atoms with van der Waals surface area (Å²) in [5, 5.41) is 6.08. The van der Waals surface area contributed by atoms with Gasteiger partial charge in [-0.1, -0.05) is 34.5 Å². The van der Waals surface area contributed by atoms with Crippen LogP contribution < -0.4 is 10.6 Å². The minimum absolute atomic E-state index is 0.137. The Morgan fingerprint density at radius 3 is 2.53 bits per heavy atom. The molecule has 1 aliphatic carbocycles. The molecule has 1 aliphatic rings. The first-order chi connectivity index (χ1) is 9.16. The predicted octanol–water partition coefficient (Wildman–Crippen LogP) is 2.60. The summed E-state index contributed by atoms with van der Waals surface area (Å²) in [6.07, 6.45) is 4.14. The third-order valence-corrected chi connectivity index (χ3v) is 4.52. The zero-order valence-electron chi connectivity index (χ0n) is 11.3. The van der Waals surface area contributed by atoms with Crippen molar-refractivity contribution in [3.05, 3.63) is 34.3 Å². The fraction of sp³-hybridized carbons (Fsp3) is 0.533. The predicted molar refractivity (Wildman–Crippen MR) is 81.2 cm³/mol. The fourth-order valence-electron chi connectivity index (χ4n) is 2.57. The van der Waals surface area contributed by atoms with Crippen LogP contribution in [0.15, 0.2) is 28.7 Å². The van der Waals surface area contributed by atoms with E-state index in [1.807, 2.05) is 7.05 Å². The van der Waals surface area contributed by atoms with Crippen LogP contribution in [0.5, 0.6) is 0 Å². The smallest absolute Gasteiger partial charge is 0.221 e. The van der Waals surface area contributed by atoms with Crippen molar-refractivity contribution < 1.29 is 4.79 Å². The number of halogens is 1. The van der Waals surface area contributed by atoms with Crippen molar-refractivity contribution in [2.75, 3.05) is 20.1 Å². The lowest BCUT2D eigenvalue weighted by Crippen LogP contribution is -2.45. The SMILES string of the molecule is CNCCC(=O)NCC1(c2ccc(Br)cc2)CCC1. The maximum Gasteiger partial charge on any atom is 0.221 e. The average molecular weight is 325 g/mol. The van der Waals surface area contributed by atoms with E-state index in [4.69, 9.17) is 0 Å². The van der Waals surface area contributed by atoms with E-state index in [1.165, 1.54) is 24.8 Å². The maximum absolute atomic E-state index is 11.7. The van der Waals surface area contributed by atoms with Crippen LogP contribution in [0.2, 0.25) is 0 Å². The molecule has 0 atom stereocenters. The van der Waals surface area contributed by atoms with Crippen LogP contribution in [0, 0.1) is 0 Å². The molecule has 1 amide bonds. The normalized spacial score (nSPS) is 16.7. The molecule has 1 aromatic carbocycles. The fourth-order valence-corrected chi connectivity index (χ4v) is 2.83. The van der Waals surface area contributed by atoms with E-state index >= 15 is 0 Å². The minimum atomic E-state index is 0.137. The lowest BCUT2D eigenvalue weighted by molar-refractivity contribution is -0.121. The van der Waals surface area contributed by atoms with Gasteiger partial charge in [-0.25, -0.2) is 0 Å². The Balaban J connectivity index is 1.95. The highest BCUT2D eigenvalue weighted by Gasteiger charge is 2.38. The van der Waals surface area contributed by atoms with Gasteiger partial charge in [0.05, 0.1) is 0 Å². The van der Waals surface area contributed by atoms with Crippen molar-refractivity contribution in [1.29, 1.82) is 0 Å². The Bertz CT molecular complexity index is 426. The maximum atomic E-state index is 11.7. The van der Waals surface area contributed by atoms with Gasteiger partial charge in [0.15, 0.2) is 0 Å². The molecule has 1 aromatic rings. The molecule has 1 saturated carbocycles. The molecule has 0 saturated heterocycles. The number of amides is 1. The Morgan fingerprint density at radius 2 is 2.00 bits per heavy atom. The van der Waals surface area contributed by atoms with Crippen molar-refractivity contribution in [2.24, 2.45) is 0 Å². The van der Waals surface area contributed by atoms with E-state index < -0.39 is 0 Å². The van der Waals surface area contributed by atoms with Gasteiger partial charge in [-0.05, 0) is 37.6 Å². The van der Waals surface area contributed by atoms with Crippen LogP contribution in [0.3, 0.4) is 0 Å². The molecule has 0 unspecified atom stereocenters. The molecule has 4 heteroatoms. The summed E-state index contributed by atoms with van der Waals surface area (Å²) in [6, 6.07) is 8.50. The first-order valence-corrected chi connectivity index (χ1v) is 7.63. The third-order valence-electron chi connectivity index (χ3n) is 3.99. The number of carbonyl (C=O) groups excluding carboxylic acids is 1. The van der Waals surface area contributed by atoms with Crippen LogP contribution in [0.25, 0.3) is 0 Å². The van der Waals surface area contributed by atoms with Gasteiger partial charge in [0.25, 0.3) is 0 Å². The Kier molecular flexibility index (Phi) is 4.99. The van der Waals surface area contributed by atoms with Gasteiger partial charge in [-0.3, -0.25) is 4.79 Å². The monoisotopic (exact) mass is 324 g/mol. The highest BCUT2D eigenvalue weighted by molar-refractivity contribution is 9.10. The highest BCUT2D eigenvalue weighted by Crippen LogP contribution is 2.43. The van der Waals surface area contributed by atoms with Gasteiger partial charge in [-0.2, -0.15) is 0 Å². The van der Waals surface area contributed by atoms with Crippen LogP contribution >= 0.6 is 15.9 Å². The topological polar surface area (TPSA) is 41.1 Å². The van der Waals surface area contributed by atoms with Crippen molar-refractivity contribution in [3.8, 4) is 0 Å². The molecule has 19 heavy (non-hydrogen) atoms. The number of benzene rings is 1. The Morgan fingerprint density at radius 1 is 1.32 bits per heavy atom. The summed E-state index contributed by atoms with van der Waals surface area (Å²) in [6.45, 7) is 1.49. The summed E-state index contributed by atoms with van der Waals surface area (Å²) in [4.78, 5) is 11.7. The van der Waals surface area contributed by atoms with Gasteiger partial charge < -0.3 is 10.6 Å². The molecule has 0 aromatic heterocycles. The summed E-state index contributed by atoms with van der Waals surface area (Å²) in [5.74, 6) is 0.137. The van der Waals surface area contributed by atoms with Gasteiger partial charge >= 0.3 is 0 Å². The zero-order valence-corrected chi connectivity index (χ0v) is 12.9. The number of hydrogen-bond acceptors (Lipinski definition) is 2. The van der Waals surface area contributed by atoms with Gasteiger partial charge in [0.1, 0.15) is 0 Å². The van der Waals surface area contributed by atoms with Crippen LogP contribution in [-0.4, -0.2) is 26.0 Å². The molecule has 2 N–H and O–H groups in total. The largest absolute Gasteiger partial charge is 0.355 e. The van der Waals surface area contributed by atoms with Gasteiger partial charge in [0, 0.05) is 29.4 Å². The molecule has 104 valence electrons. The average Bonchev–Trinajstić information content (AvgIpc) is 2.37. The summed E-state index contributed by atoms with van der Waals surface area (Å²) in [5.41, 5.74) is 1.51. The van der Waals surface area contributed by atoms with Crippen LogP contribution in [0.4, 0.5) is 0 Å². The summed E-state index contributed by atoms with van der Waals surface area (Å²) < 4.78 is 1.10. The standard InChI is InChI=1S/C15H21BrN2O/c1-17-10-7-14(19)18-11-15(8-2-9-15)12-3-5-13(16)6-4-12/h3-6,17H,2,7-11H2,1H3,(H,18,19). The lowest BCUT2D eigenvalue weighted by Gasteiger charge is -2.42. The molecule has 0 aliphatic heterocycles. The molecule has 0 heterocycles. The van der Waals surface area contributed by atoms with E-state index in [9.17, 15) is 4.79 Å². The molecule has 1 fully saturated rings. The molecule has 0 radical (unpaired) electrons. The van der Waals surface area contributed by atoms with Crippen molar-refractivity contribution in [3.63, 3.8) is 0 Å². The first kappa shape index (κ1) is 14.5. The lowest BCUT2D eigenvalue weighted by atomic mass is 9.64. The van der Waals surface area contributed by atoms with Crippen molar-refractivity contribution in [2.45, 2.75) is 31.1 Å². The quantitative estimate of drug-likeness (QED) is 0.844. The molecular formula is C15H21BrN2O. The first-order valence-electron chi connectivity index (χ1n) is 6.84. The third kappa shape index (κ3) is 3.57. The van der Waals surface area contributed by atoms with Crippen molar-refractivity contribution >= 4 is 21.8 Å². The Labute approximate surface area is 123 Å². The second kappa shape index (κ2) is 6.53. The van der Waals surface area contributed by atoms with Gasteiger partial charge in [-0.15, -0.1) is 0 Å². The zero-order chi connectivity index (χ0) is 13.7. The van der Waals surface area contributed by atoms with E-state index in [2.05, 4.69) is 50.8 Å². The number of hydrogen-bond donors (Lipinski definition) is 2. The minimum Gasteiger partial charge on any atom is -0.355 e. The Hall–Kier alpha value is -0.870. The van der Waals surface area contributed by atoms with E-state index in [1.54, 1.807) is 0 Å². The van der Waals surface area contributed by atoms with Gasteiger partial charge in [0.2, 0.25) is 5.91 Å². The second-order valence-electron chi connectivity index (χ2n) is 5.27. The number of carbonyl (C=O) groups is 1. The second-order valence-corrected chi connectivity index (χ2v) is 6.19. The van der Waals surface area contributed by atoms with Crippen molar-refractivity contribution in [1.82, 2.24) is 10.6 Å². The molecular weight excluding hydrogens is 304 g/mol. The highest BCUT2D eigenvalue weighted by atomic mass is 79.9. The molecule has 0 spiro atoms. The molecule has 2 rings (SSSR count). The summed E-state index contributed by atoms with van der Waals surface area (Å²) in [7, 11) is 1.86. The van der Waals surface area contributed by atoms with Crippen LogP contribution in [0.1, 0.15) is 31.2 Å². The molecule has 0 bridgehead atoms. The van der Waals surface area contributed by atoms with E-state index in [0.717, 1.165) is 17.6 Å². The summed E-state index contributed by atoms with van der Waals surface area (Å²) >= 11 is 3.47. The number of rotatable bonds is 6.